The molecule has 3 N–H and O–H groups in total. The summed E-state index contributed by atoms with van der Waals surface area (Å²) < 4.78 is 13.6. The van der Waals surface area contributed by atoms with Gasteiger partial charge in [0.2, 0.25) is 5.91 Å². The highest BCUT2D eigenvalue weighted by atomic mass is 35.5. The normalized spacial score (nSPS) is 23.0. The van der Waals surface area contributed by atoms with Crippen LogP contribution >= 0.6 is 11.6 Å². The highest BCUT2D eigenvalue weighted by Crippen LogP contribution is 2.22. The predicted octanol–water partition coefficient (Wildman–Crippen LogP) is 2.09. The molecular weight excluding hydrogens is 281 g/mol. The molecule has 0 aromatic heterocycles. The van der Waals surface area contributed by atoms with Crippen molar-refractivity contribution in [2.75, 3.05) is 25.0 Å². The van der Waals surface area contributed by atoms with E-state index in [0.29, 0.717) is 23.5 Å². The second-order valence-corrected chi connectivity index (χ2v) is 5.72. The van der Waals surface area contributed by atoms with Gasteiger partial charge in [-0.3, -0.25) is 9.69 Å². The number of anilines is 1. The van der Waals surface area contributed by atoms with Gasteiger partial charge in [0.15, 0.2) is 0 Å². The zero-order valence-electron chi connectivity index (χ0n) is 11.4. The van der Waals surface area contributed by atoms with Crippen molar-refractivity contribution in [3.05, 3.63) is 29.0 Å². The summed E-state index contributed by atoms with van der Waals surface area (Å²) in [6.45, 7) is 3.77. The quantitative estimate of drug-likeness (QED) is 0.895. The van der Waals surface area contributed by atoms with Crippen molar-refractivity contribution in [2.24, 2.45) is 11.7 Å². The molecule has 1 aliphatic heterocycles. The number of likely N-dealkylation sites (tertiary alicyclic amines) is 1. The molecule has 0 bridgehead atoms. The van der Waals surface area contributed by atoms with E-state index >= 15 is 0 Å². The molecule has 4 nitrogen and oxygen atoms in total. The van der Waals surface area contributed by atoms with Crippen molar-refractivity contribution in [2.45, 2.75) is 19.4 Å². The van der Waals surface area contributed by atoms with Gasteiger partial charge in [-0.15, -0.1) is 0 Å². The van der Waals surface area contributed by atoms with E-state index in [4.69, 9.17) is 17.3 Å². The number of hydrogen-bond acceptors (Lipinski definition) is 3. The third kappa shape index (κ3) is 3.69. The second-order valence-electron chi connectivity index (χ2n) is 5.29. The molecular formula is C14H19ClFN3O. The molecule has 1 aromatic carbocycles. The molecule has 0 aliphatic carbocycles. The summed E-state index contributed by atoms with van der Waals surface area (Å²) in [7, 11) is 0. The molecule has 110 valence electrons. The number of halogens is 2. The lowest BCUT2D eigenvalue weighted by atomic mass is 10.1. The Balaban J connectivity index is 1.92. The molecule has 2 atom stereocenters. The van der Waals surface area contributed by atoms with Crippen molar-refractivity contribution in [3.63, 3.8) is 0 Å². The van der Waals surface area contributed by atoms with Crippen molar-refractivity contribution in [3.8, 4) is 0 Å². The number of rotatable bonds is 4. The minimum Gasteiger partial charge on any atom is -0.330 e. The Morgan fingerprint density at radius 2 is 2.35 bits per heavy atom. The Morgan fingerprint density at radius 3 is 2.95 bits per heavy atom. The molecule has 20 heavy (non-hydrogen) atoms. The van der Waals surface area contributed by atoms with Gasteiger partial charge in [0.1, 0.15) is 5.82 Å². The monoisotopic (exact) mass is 299 g/mol. The molecule has 2 rings (SSSR count). The van der Waals surface area contributed by atoms with Crippen LogP contribution in [0, 0.1) is 11.7 Å². The molecule has 2 unspecified atom stereocenters. The van der Waals surface area contributed by atoms with E-state index in [2.05, 4.69) is 17.1 Å². The summed E-state index contributed by atoms with van der Waals surface area (Å²) in [5.74, 6) is -0.319. The van der Waals surface area contributed by atoms with Crippen LogP contribution in [0.5, 0.6) is 0 Å². The maximum absolute atomic E-state index is 13.6. The summed E-state index contributed by atoms with van der Waals surface area (Å²) in [5.41, 5.74) is 5.81. The Labute approximate surface area is 123 Å². The highest BCUT2D eigenvalue weighted by Gasteiger charge is 2.29. The Kier molecular flexibility index (Phi) is 4.96. The van der Waals surface area contributed by atoms with Crippen LogP contribution in [0.1, 0.15) is 13.3 Å². The topological polar surface area (TPSA) is 58.4 Å². The lowest BCUT2D eigenvalue weighted by Crippen LogP contribution is -2.36. The van der Waals surface area contributed by atoms with Gasteiger partial charge >= 0.3 is 0 Å². The number of benzene rings is 1. The molecule has 1 heterocycles. The first-order valence-electron chi connectivity index (χ1n) is 6.68. The molecule has 1 aromatic rings. The number of carbonyl (C=O) groups is 1. The van der Waals surface area contributed by atoms with Crippen LogP contribution in [-0.2, 0) is 4.79 Å². The number of nitrogens with two attached hydrogens (primary N) is 1. The smallest absolute Gasteiger partial charge is 0.238 e. The van der Waals surface area contributed by atoms with Gasteiger partial charge in [0, 0.05) is 17.6 Å². The van der Waals surface area contributed by atoms with E-state index in [-0.39, 0.29) is 18.1 Å². The van der Waals surface area contributed by atoms with Crippen molar-refractivity contribution in [1.29, 1.82) is 0 Å². The summed E-state index contributed by atoms with van der Waals surface area (Å²) in [6.07, 6.45) is 0.999. The standard InChI is InChI=1S/C14H19ClFN3O/c1-9-4-10(6-17)7-19(9)8-14(20)18-13-3-2-11(15)5-12(13)16/h2-3,5,9-10H,4,6-8,17H2,1H3,(H,18,20). The fourth-order valence-corrected chi connectivity index (χ4v) is 2.73. The molecule has 0 spiro atoms. The summed E-state index contributed by atoms with van der Waals surface area (Å²) >= 11 is 5.67. The Hall–Kier alpha value is -1.17. The fourth-order valence-electron chi connectivity index (χ4n) is 2.57. The third-order valence-corrected chi connectivity index (χ3v) is 3.91. The van der Waals surface area contributed by atoms with Crippen LogP contribution in [-0.4, -0.2) is 36.5 Å². The average Bonchev–Trinajstić information content (AvgIpc) is 2.74. The van der Waals surface area contributed by atoms with E-state index in [9.17, 15) is 9.18 Å². The molecule has 1 saturated heterocycles. The van der Waals surface area contributed by atoms with E-state index in [0.717, 1.165) is 13.0 Å². The minimum absolute atomic E-state index is 0.154. The number of amides is 1. The zero-order chi connectivity index (χ0) is 14.7. The van der Waals surface area contributed by atoms with Crippen molar-refractivity contribution >= 4 is 23.2 Å². The van der Waals surface area contributed by atoms with Crippen LogP contribution in [0.3, 0.4) is 0 Å². The van der Waals surface area contributed by atoms with E-state index < -0.39 is 5.82 Å². The molecule has 6 heteroatoms. The van der Waals surface area contributed by atoms with Crippen molar-refractivity contribution < 1.29 is 9.18 Å². The Bertz CT molecular complexity index is 497. The zero-order valence-corrected chi connectivity index (χ0v) is 12.2. The number of nitrogens with zero attached hydrogens (tertiary/aromatic N) is 1. The maximum Gasteiger partial charge on any atom is 0.238 e. The van der Waals surface area contributed by atoms with E-state index in [1.807, 2.05) is 0 Å². The van der Waals surface area contributed by atoms with Crippen molar-refractivity contribution in [1.82, 2.24) is 4.90 Å². The molecule has 1 fully saturated rings. The summed E-state index contributed by atoms with van der Waals surface area (Å²) in [6, 6.07) is 4.51. The molecule has 1 amide bonds. The summed E-state index contributed by atoms with van der Waals surface area (Å²) in [5, 5.41) is 2.88. The first kappa shape index (κ1) is 15.2. The van der Waals surface area contributed by atoms with E-state index in [1.54, 1.807) is 6.07 Å². The maximum atomic E-state index is 13.6. The second kappa shape index (κ2) is 6.52. The number of nitrogens with one attached hydrogen (secondary N) is 1. The lowest BCUT2D eigenvalue weighted by Gasteiger charge is -2.20. The first-order chi connectivity index (χ1) is 9.49. The summed E-state index contributed by atoms with van der Waals surface area (Å²) in [4.78, 5) is 14.0. The van der Waals surface area contributed by atoms with Crippen LogP contribution in [0.15, 0.2) is 18.2 Å². The fraction of sp³-hybridized carbons (Fsp3) is 0.500. The number of carbonyl (C=O) groups excluding carboxylic acids is 1. The third-order valence-electron chi connectivity index (χ3n) is 3.68. The SMILES string of the molecule is CC1CC(CN)CN1CC(=O)Nc1ccc(Cl)cc1F. The largest absolute Gasteiger partial charge is 0.330 e. The van der Waals surface area contributed by atoms with Gasteiger partial charge in [0.05, 0.1) is 12.2 Å². The Morgan fingerprint density at radius 1 is 1.60 bits per heavy atom. The van der Waals surface area contributed by atoms with Gasteiger partial charge in [-0.25, -0.2) is 4.39 Å². The van der Waals surface area contributed by atoms with Crippen LogP contribution in [0.25, 0.3) is 0 Å². The van der Waals surface area contributed by atoms with Gasteiger partial charge in [-0.1, -0.05) is 11.6 Å². The van der Waals surface area contributed by atoms with Gasteiger partial charge < -0.3 is 11.1 Å². The number of hydrogen-bond donors (Lipinski definition) is 2. The molecule has 0 saturated carbocycles. The van der Waals surface area contributed by atoms with Crippen LogP contribution in [0.2, 0.25) is 5.02 Å². The molecule has 0 radical (unpaired) electrons. The predicted molar refractivity (Wildman–Crippen MR) is 78.2 cm³/mol. The average molecular weight is 300 g/mol. The first-order valence-corrected chi connectivity index (χ1v) is 7.06. The highest BCUT2D eigenvalue weighted by molar-refractivity contribution is 6.30. The van der Waals surface area contributed by atoms with Gasteiger partial charge in [-0.05, 0) is 44.0 Å². The van der Waals surface area contributed by atoms with E-state index in [1.165, 1.54) is 12.1 Å². The lowest BCUT2D eigenvalue weighted by molar-refractivity contribution is -0.117. The van der Waals surface area contributed by atoms with Crippen LogP contribution < -0.4 is 11.1 Å². The van der Waals surface area contributed by atoms with Crippen LogP contribution in [0.4, 0.5) is 10.1 Å². The van der Waals surface area contributed by atoms with Gasteiger partial charge in [0.25, 0.3) is 0 Å². The minimum atomic E-state index is -0.528. The van der Waals surface area contributed by atoms with Gasteiger partial charge in [-0.2, -0.15) is 0 Å². The molecule has 1 aliphatic rings.